The molecule has 2 heterocycles. The standard InChI is InChI=1S/C9H8ClN3O4/c10-7-2-1-6(13(16)17)9(11-7)12-4-5(14)3-8(12)15/h1-2,5,14H,3-4H2. The number of aliphatic hydroxyl groups is 1. The lowest BCUT2D eigenvalue weighted by atomic mass is 10.3. The number of hydrogen-bond acceptors (Lipinski definition) is 5. The summed E-state index contributed by atoms with van der Waals surface area (Å²) in [6.07, 6.45) is -0.895. The van der Waals surface area contributed by atoms with Crippen LogP contribution in [0, 0.1) is 10.1 Å². The molecule has 7 nitrogen and oxygen atoms in total. The Balaban J connectivity index is 2.46. The van der Waals surface area contributed by atoms with Gasteiger partial charge < -0.3 is 5.11 Å². The van der Waals surface area contributed by atoms with Crippen molar-refractivity contribution in [3.8, 4) is 0 Å². The lowest BCUT2D eigenvalue weighted by Crippen LogP contribution is -2.27. The molecule has 8 heteroatoms. The quantitative estimate of drug-likeness (QED) is 0.479. The van der Waals surface area contributed by atoms with Crippen LogP contribution in [-0.2, 0) is 4.79 Å². The van der Waals surface area contributed by atoms with Gasteiger partial charge in [0.1, 0.15) is 5.15 Å². The van der Waals surface area contributed by atoms with E-state index in [1.165, 1.54) is 12.1 Å². The van der Waals surface area contributed by atoms with Crippen molar-refractivity contribution >= 4 is 29.0 Å². The van der Waals surface area contributed by atoms with Gasteiger partial charge in [0.2, 0.25) is 11.7 Å². The van der Waals surface area contributed by atoms with Gasteiger partial charge in [0, 0.05) is 6.07 Å². The van der Waals surface area contributed by atoms with Crippen LogP contribution in [-0.4, -0.2) is 33.6 Å². The number of aliphatic hydroxyl groups excluding tert-OH is 1. The van der Waals surface area contributed by atoms with Gasteiger partial charge in [-0.1, -0.05) is 11.6 Å². The topological polar surface area (TPSA) is 96.6 Å². The fourth-order valence-corrected chi connectivity index (χ4v) is 1.80. The van der Waals surface area contributed by atoms with Gasteiger partial charge in [0.15, 0.2) is 0 Å². The van der Waals surface area contributed by atoms with Crippen LogP contribution >= 0.6 is 11.6 Å². The Morgan fingerprint density at radius 3 is 2.82 bits per heavy atom. The Bertz CT molecular complexity index is 493. The number of rotatable bonds is 2. The van der Waals surface area contributed by atoms with Crippen LogP contribution in [0.5, 0.6) is 0 Å². The second-order valence-electron chi connectivity index (χ2n) is 3.60. The number of nitrogens with zero attached hydrogens (tertiary/aromatic N) is 3. The van der Waals surface area contributed by atoms with Crippen LogP contribution in [0.25, 0.3) is 0 Å². The van der Waals surface area contributed by atoms with Gasteiger partial charge in [-0.15, -0.1) is 0 Å². The fourth-order valence-electron chi connectivity index (χ4n) is 1.65. The van der Waals surface area contributed by atoms with E-state index in [4.69, 9.17) is 11.6 Å². The molecule has 17 heavy (non-hydrogen) atoms. The third-order valence-corrected chi connectivity index (χ3v) is 2.59. The average molecular weight is 258 g/mol. The third-order valence-electron chi connectivity index (χ3n) is 2.38. The van der Waals surface area contributed by atoms with Crippen molar-refractivity contribution in [1.29, 1.82) is 0 Å². The van der Waals surface area contributed by atoms with Crippen LogP contribution in [0.4, 0.5) is 11.5 Å². The van der Waals surface area contributed by atoms with Crippen LogP contribution in [0.1, 0.15) is 6.42 Å². The first-order valence-corrected chi connectivity index (χ1v) is 5.16. The summed E-state index contributed by atoms with van der Waals surface area (Å²) < 4.78 is 0. The molecule has 1 aliphatic heterocycles. The monoisotopic (exact) mass is 257 g/mol. The van der Waals surface area contributed by atoms with Crippen molar-refractivity contribution in [3.05, 3.63) is 27.4 Å². The molecule has 2 rings (SSSR count). The van der Waals surface area contributed by atoms with E-state index in [1.807, 2.05) is 0 Å². The van der Waals surface area contributed by atoms with Crippen LogP contribution < -0.4 is 4.90 Å². The predicted molar refractivity (Wildman–Crippen MR) is 58.9 cm³/mol. The number of halogens is 1. The first-order chi connectivity index (χ1) is 7.99. The van der Waals surface area contributed by atoms with E-state index in [0.29, 0.717) is 0 Å². The summed E-state index contributed by atoms with van der Waals surface area (Å²) in [6.45, 7) is -0.00693. The minimum atomic E-state index is -0.831. The van der Waals surface area contributed by atoms with Gasteiger partial charge in [-0.3, -0.25) is 19.8 Å². The molecule has 0 aromatic carbocycles. The molecule has 0 aliphatic carbocycles. The Kier molecular flexibility index (Phi) is 2.95. The number of carbonyl (C=O) groups excluding carboxylic acids is 1. The van der Waals surface area contributed by atoms with Gasteiger partial charge in [-0.2, -0.15) is 0 Å². The number of aromatic nitrogens is 1. The number of β-amino-alcohol motifs (C(OH)–C–C–N with tert-alkyl or cyclic N) is 1. The lowest BCUT2D eigenvalue weighted by Gasteiger charge is -2.14. The average Bonchev–Trinajstić information content (AvgIpc) is 2.57. The Labute approximate surface area is 101 Å². The maximum Gasteiger partial charge on any atom is 0.312 e. The Morgan fingerprint density at radius 2 is 2.29 bits per heavy atom. The second kappa shape index (κ2) is 4.27. The fraction of sp³-hybridized carbons (Fsp3) is 0.333. The molecule has 1 amide bonds. The van der Waals surface area contributed by atoms with Crippen molar-refractivity contribution in [3.63, 3.8) is 0 Å². The van der Waals surface area contributed by atoms with E-state index in [0.717, 1.165) is 4.90 Å². The van der Waals surface area contributed by atoms with Crippen molar-refractivity contribution in [2.75, 3.05) is 11.4 Å². The van der Waals surface area contributed by atoms with E-state index < -0.39 is 16.9 Å². The molecule has 1 saturated heterocycles. The molecule has 1 aliphatic rings. The number of nitro groups is 1. The molecule has 1 unspecified atom stereocenters. The molecule has 90 valence electrons. The van der Waals surface area contributed by atoms with Gasteiger partial charge >= 0.3 is 5.69 Å². The van der Waals surface area contributed by atoms with Gasteiger partial charge in [-0.05, 0) is 6.07 Å². The number of carbonyl (C=O) groups is 1. The van der Waals surface area contributed by atoms with E-state index in [9.17, 15) is 20.0 Å². The highest BCUT2D eigenvalue weighted by Gasteiger charge is 2.34. The normalized spacial score (nSPS) is 19.8. The maximum absolute atomic E-state index is 11.5. The molecule has 1 fully saturated rings. The molecule has 0 spiro atoms. The maximum atomic E-state index is 11.5. The molecule has 1 aromatic heterocycles. The number of anilines is 1. The first kappa shape index (κ1) is 11.7. The van der Waals surface area contributed by atoms with E-state index >= 15 is 0 Å². The molecular weight excluding hydrogens is 250 g/mol. The zero-order valence-electron chi connectivity index (χ0n) is 8.54. The Hall–Kier alpha value is -1.73. The molecule has 0 bridgehead atoms. The summed E-state index contributed by atoms with van der Waals surface area (Å²) >= 11 is 5.65. The zero-order valence-corrected chi connectivity index (χ0v) is 9.29. The minimum Gasteiger partial charge on any atom is -0.391 e. The number of amides is 1. The van der Waals surface area contributed by atoms with Gasteiger partial charge in [-0.25, -0.2) is 4.98 Å². The summed E-state index contributed by atoms with van der Waals surface area (Å²) in [5, 5.41) is 20.2. The highest BCUT2D eigenvalue weighted by Crippen LogP contribution is 2.30. The summed E-state index contributed by atoms with van der Waals surface area (Å²) in [5.41, 5.74) is -0.308. The van der Waals surface area contributed by atoms with Crippen molar-refractivity contribution in [2.45, 2.75) is 12.5 Å². The van der Waals surface area contributed by atoms with Crippen molar-refractivity contribution in [1.82, 2.24) is 4.98 Å². The SMILES string of the molecule is O=C1CC(O)CN1c1nc(Cl)ccc1[N+](=O)[O-]. The third kappa shape index (κ3) is 2.20. The van der Waals surface area contributed by atoms with E-state index in [-0.39, 0.29) is 29.6 Å². The number of hydrogen-bond donors (Lipinski definition) is 1. The molecule has 1 N–H and O–H groups in total. The summed E-state index contributed by atoms with van der Waals surface area (Å²) in [6, 6.07) is 2.46. The lowest BCUT2D eigenvalue weighted by molar-refractivity contribution is -0.384. The van der Waals surface area contributed by atoms with Crippen molar-refractivity contribution < 1.29 is 14.8 Å². The van der Waals surface area contributed by atoms with Crippen LogP contribution in [0.2, 0.25) is 5.15 Å². The highest BCUT2D eigenvalue weighted by atomic mass is 35.5. The molecule has 0 saturated carbocycles. The van der Waals surface area contributed by atoms with Gasteiger partial charge in [0.05, 0.1) is 24.0 Å². The highest BCUT2D eigenvalue weighted by molar-refractivity contribution is 6.29. The minimum absolute atomic E-state index is 0.00693. The summed E-state index contributed by atoms with van der Waals surface area (Å²) in [4.78, 5) is 26.5. The second-order valence-corrected chi connectivity index (χ2v) is 3.98. The van der Waals surface area contributed by atoms with Crippen LogP contribution in [0.15, 0.2) is 12.1 Å². The zero-order chi connectivity index (χ0) is 12.6. The predicted octanol–water partition coefficient (Wildman–Crippen LogP) is 0.741. The molecule has 0 radical (unpaired) electrons. The smallest absolute Gasteiger partial charge is 0.312 e. The van der Waals surface area contributed by atoms with Gasteiger partial charge in [0.25, 0.3) is 0 Å². The number of pyridine rings is 1. The van der Waals surface area contributed by atoms with E-state index in [1.54, 1.807) is 0 Å². The summed E-state index contributed by atoms with van der Waals surface area (Å²) in [5.74, 6) is -0.528. The molecule has 1 atom stereocenters. The molecular formula is C9H8ClN3O4. The van der Waals surface area contributed by atoms with Crippen LogP contribution in [0.3, 0.4) is 0 Å². The van der Waals surface area contributed by atoms with Crippen molar-refractivity contribution in [2.24, 2.45) is 0 Å². The molecule has 1 aromatic rings. The largest absolute Gasteiger partial charge is 0.391 e. The first-order valence-electron chi connectivity index (χ1n) is 4.78. The summed E-state index contributed by atoms with van der Waals surface area (Å²) in [7, 11) is 0. The van der Waals surface area contributed by atoms with E-state index in [2.05, 4.69) is 4.98 Å². The Morgan fingerprint density at radius 1 is 1.59 bits per heavy atom.